The number of rotatable bonds is 8. The van der Waals surface area contributed by atoms with Crippen LogP contribution in [0.15, 0.2) is 66.7 Å². The van der Waals surface area contributed by atoms with E-state index in [1.807, 2.05) is 36.4 Å². The Labute approximate surface area is 168 Å². The first-order valence-electron chi connectivity index (χ1n) is 8.96. The lowest BCUT2D eigenvalue weighted by molar-refractivity contribution is -0.160. The van der Waals surface area contributed by atoms with Crippen LogP contribution in [-0.4, -0.2) is 41.4 Å². The number of carboxylic acids is 1. The molecule has 0 radical (unpaired) electrons. The van der Waals surface area contributed by atoms with E-state index >= 15 is 0 Å². The SMILES string of the molecule is COc1cc(C)nc(O[C@H](C(=O)O)C(OC)(c2ccccc2)c2ccccc2)n1. The highest BCUT2D eigenvalue weighted by Crippen LogP contribution is 2.38. The molecule has 0 unspecified atom stereocenters. The van der Waals surface area contributed by atoms with E-state index in [-0.39, 0.29) is 11.9 Å². The number of aryl methyl sites for hydroxylation is 1. The summed E-state index contributed by atoms with van der Waals surface area (Å²) in [7, 11) is 2.92. The second-order valence-electron chi connectivity index (χ2n) is 6.34. The largest absolute Gasteiger partial charge is 0.481 e. The summed E-state index contributed by atoms with van der Waals surface area (Å²) in [5.74, 6) is -0.942. The highest BCUT2D eigenvalue weighted by Gasteiger charge is 2.49. The van der Waals surface area contributed by atoms with Crippen molar-refractivity contribution in [3.63, 3.8) is 0 Å². The Morgan fingerprint density at radius 2 is 1.52 bits per heavy atom. The lowest BCUT2D eigenvalue weighted by atomic mass is 9.81. The number of hydrogen-bond donors (Lipinski definition) is 1. The van der Waals surface area contributed by atoms with Gasteiger partial charge in [0.1, 0.15) is 0 Å². The molecule has 0 amide bonds. The maximum atomic E-state index is 12.4. The zero-order chi connectivity index (χ0) is 20.9. The fourth-order valence-electron chi connectivity index (χ4n) is 3.27. The number of aromatic nitrogens is 2. The Hall–Kier alpha value is -3.45. The molecule has 0 aliphatic carbocycles. The second kappa shape index (κ2) is 8.70. The standard InChI is InChI=1S/C22H22N2O5/c1-15-14-18(27-2)24-21(23-15)29-19(20(25)26)22(28-3,16-10-6-4-7-11-16)17-12-8-5-9-13-17/h4-14,19H,1-3H3,(H,25,26)/t19-/m1/s1. The van der Waals surface area contributed by atoms with Gasteiger partial charge in [-0.25, -0.2) is 9.78 Å². The van der Waals surface area contributed by atoms with Gasteiger partial charge in [-0.3, -0.25) is 0 Å². The van der Waals surface area contributed by atoms with Crippen LogP contribution in [0.4, 0.5) is 0 Å². The van der Waals surface area contributed by atoms with E-state index in [4.69, 9.17) is 14.2 Å². The molecule has 29 heavy (non-hydrogen) atoms. The summed E-state index contributed by atoms with van der Waals surface area (Å²) in [5, 5.41) is 10.1. The first kappa shape index (κ1) is 20.3. The summed E-state index contributed by atoms with van der Waals surface area (Å²) in [6.45, 7) is 1.74. The van der Waals surface area contributed by atoms with Gasteiger partial charge in [0.25, 0.3) is 0 Å². The van der Waals surface area contributed by atoms with Crippen molar-refractivity contribution in [1.82, 2.24) is 9.97 Å². The third-order valence-electron chi connectivity index (χ3n) is 4.56. The van der Waals surface area contributed by atoms with Crippen LogP contribution in [0.3, 0.4) is 0 Å². The van der Waals surface area contributed by atoms with E-state index < -0.39 is 17.7 Å². The van der Waals surface area contributed by atoms with Crippen LogP contribution in [0.1, 0.15) is 16.8 Å². The number of aliphatic carboxylic acids is 1. The summed E-state index contributed by atoms with van der Waals surface area (Å²) in [6.07, 6.45) is -1.47. The molecule has 0 bridgehead atoms. The molecule has 1 heterocycles. The van der Waals surface area contributed by atoms with Gasteiger partial charge in [0.15, 0.2) is 5.60 Å². The van der Waals surface area contributed by atoms with Crippen LogP contribution >= 0.6 is 0 Å². The number of nitrogens with zero attached hydrogens (tertiary/aromatic N) is 2. The van der Waals surface area contributed by atoms with Crippen LogP contribution in [0.2, 0.25) is 0 Å². The maximum absolute atomic E-state index is 12.4. The fraction of sp³-hybridized carbons (Fsp3) is 0.227. The van der Waals surface area contributed by atoms with Crippen molar-refractivity contribution in [3.05, 3.63) is 83.6 Å². The van der Waals surface area contributed by atoms with E-state index in [0.717, 1.165) is 0 Å². The average Bonchev–Trinajstić information content (AvgIpc) is 2.75. The van der Waals surface area contributed by atoms with Gasteiger partial charge in [-0.1, -0.05) is 60.7 Å². The van der Waals surface area contributed by atoms with Gasteiger partial charge >= 0.3 is 12.0 Å². The van der Waals surface area contributed by atoms with E-state index in [9.17, 15) is 9.90 Å². The Kier molecular flexibility index (Phi) is 6.09. The summed E-state index contributed by atoms with van der Waals surface area (Å²) < 4.78 is 16.9. The van der Waals surface area contributed by atoms with Crippen molar-refractivity contribution in [2.45, 2.75) is 18.6 Å². The Balaban J connectivity index is 2.18. The van der Waals surface area contributed by atoms with Gasteiger partial charge in [-0.2, -0.15) is 4.98 Å². The van der Waals surface area contributed by atoms with Crippen molar-refractivity contribution in [1.29, 1.82) is 0 Å². The normalized spacial score (nSPS) is 12.2. The smallest absolute Gasteiger partial charge is 0.348 e. The number of carboxylic acid groups (broad SMARTS) is 1. The lowest BCUT2D eigenvalue weighted by Gasteiger charge is -2.37. The minimum absolute atomic E-state index is 0.109. The number of methoxy groups -OCH3 is 2. The fourth-order valence-corrected chi connectivity index (χ4v) is 3.27. The van der Waals surface area contributed by atoms with Crippen LogP contribution in [0.25, 0.3) is 0 Å². The van der Waals surface area contributed by atoms with Gasteiger partial charge in [0.05, 0.1) is 7.11 Å². The van der Waals surface area contributed by atoms with Crippen LogP contribution in [-0.2, 0) is 15.1 Å². The average molecular weight is 394 g/mol. The first-order chi connectivity index (χ1) is 14.0. The van der Waals surface area contributed by atoms with E-state index in [1.165, 1.54) is 14.2 Å². The van der Waals surface area contributed by atoms with Crippen LogP contribution in [0, 0.1) is 6.92 Å². The quantitative estimate of drug-likeness (QED) is 0.627. The minimum Gasteiger partial charge on any atom is -0.481 e. The number of benzene rings is 2. The molecule has 1 atom stereocenters. The molecule has 0 aliphatic rings. The number of hydrogen-bond acceptors (Lipinski definition) is 6. The molecule has 1 N–H and O–H groups in total. The molecular weight excluding hydrogens is 372 g/mol. The molecule has 0 saturated heterocycles. The van der Waals surface area contributed by atoms with Gasteiger partial charge in [0, 0.05) is 18.9 Å². The Bertz CT molecular complexity index is 924. The highest BCUT2D eigenvalue weighted by molar-refractivity contribution is 5.76. The Morgan fingerprint density at radius 1 is 0.966 bits per heavy atom. The number of carbonyl (C=O) groups is 1. The predicted molar refractivity (Wildman–Crippen MR) is 106 cm³/mol. The summed E-state index contributed by atoms with van der Waals surface area (Å²) in [5.41, 5.74) is 0.397. The predicted octanol–water partition coefficient (Wildman–Crippen LogP) is 3.22. The van der Waals surface area contributed by atoms with Crippen molar-refractivity contribution in [2.75, 3.05) is 14.2 Å². The number of ether oxygens (including phenoxy) is 3. The monoisotopic (exact) mass is 394 g/mol. The summed E-state index contributed by atoms with van der Waals surface area (Å²) in [4.78, 5) is 20.7. The topological polar surface area (TPSA) is 90.8 Å². The van der Waals surface area contributed by atoms with Crippen molar-refractivity contribution < 1.29 is 24.1 Å². The van der Waals surface area contributed by atoms with E-state index in [0.29, 0.717) is 16.8 Å². The zero-order valence-electron chi connectivity index (χ0n) is 16.4. The molecular formula is C22H22N2O5. The summed E-state index contributed by atoms with van der Waals surface area (Å²) in [6, 6.07) is 19.7. The second-order valence-corrected chi connectivity index (χ2v) is 6.34. The third-order valence-corrected chi connectivity index (χ3v) is 4.56. The molecule has 150 valence electrons. The van der Waals surface area contributed by atoms with Crippen molar-refractivity contribution in [3.8, 4) is 11.9 Å². The van der Waals surface area contributed by atoms with Crippen molar-refractivity contribution >= 4 is 5.97 Å². The molecule has 2 aromatic carbocycles. The molecule has 1 aromatic heterocycles. The maximum Gasteiger partial charge on any atom is 0.348 e. The van der Waals surface area contributed by atoms with Crippen molar-refractivity contribution in [2.24, 2.45) is 0 Å². The van der Waals surface area contributed by atoms with Gasteiger partial charge in [-0.15, -0.1) is 0 Å². The Morgan fingerprint density at radius 3 is 1.97 bits per heavy atom. The molecule has 0 spiro atoms. The van der Waals surface area contributed by atoms with Gasteiger partial charge in [0.2, 0.25) is 12.0 Å². The zero-order valence-corrected chi connectivity index (χ0v) is 16.4. The van der Waals surface area contributed by atoms with Gasteiger partial charge in [-0.05, 0) is 18.1 Å². The minimum atomic E-state index is -1.47. The molecule has 3 rings (SSSR count). The molecule has 7 heteroatoms. The first-order valence-corrected chi connectivity index (χ1v) is 8.96. The molecule has 0 aliphatic heterocycles. The molecule has 7 nitrogen and oxygen atoms in total. The lowest BCUT2D eigenvalue weighted by Crippen LogP contribution is -2.50. The van der Waals surface area contributed by atoms with E-state index in [1.54, 1.807) is 37.3 Å². The highest BCUT2D eigenvalue weighted by atomic mass is 16.6. The summed E-state index contributed by atoms with van der Waals surface area (Å²) >= 11 is 0. The molecule has 3 aromatic rings. The molecule has 0 fully saturated rings. The molecule has 0 saturated carbocycles. The van der Waals surface area contributed by atoms with Crippen LogP contribution < -0.4 is 9.47 Å². The van der Waals surface area contributed by atoms with Crippen LogP contribution in [0.5, 0.6) is 11.9 Å². The van der Waals surface area contributed by atoms with E-state index in [2.05, 4.69) is 9.97 Å². The third kappa shape index (κ3) is 4.05. The van der Waals surface area contributed by atoms with Gasteiger partial charge < -0.3 is 19.3 Å².